The number of hydrogen-bond acceptors (Lipinski definition) is 3. The van der Waals surface area contributed by atoms with Crippen molar-refractivity contribution in [2.24, 2.45) is 0 Å². The molecule has 0 amide bonds. The lowest BCUT2D eigenvalue weighted by molar-refractivity contribution is 0.249. The van der Waals surface area contributed by atoms with Crippen LogP contribution in [0, 0.1) is 6.92 Å². The highest BCUT2D eigenvalue weighted by Gasteiger charge is 2.20. The Labute approximate surface area is 95.1 Å². The topological polar surface area (TPSA) is 43.4 Å². The van der Waals surface area contributed by atoms with Gasteiger partial charge in [-0.05, 0) is 38.5 Å². The standard InChI is InChI=1S/C10H13ClO3S/c1-7(2)14-15(12,13)10-6-4-5-9(11)8(10)3/h4-7H,1-3H3. The molecule has 0 atom stereocenters. The Morgan fingerprint density at radius 1 is 1.33 bits per heavy atom. The summed E-state index contributed by atoms with van der Waals surface area (Å²) in [4.78, 5) is 0.128. The largest absolute Gasteiger partial charge is 0.297 e. The lowest BCUT2D eigenvalue weighted by Crippen LogP contribution is -2.13. The van der Waals surface area contributed by atoms with Crippen molar-refractivity contribution in [3.8, 4) is 0 Å². The van der Waals surface area contributed by atoms with Crippen LogP contribution < -0.4 is 0 Å². The van der Waals surface area contributed by atoms with Gasteiger partial charge in [-0.15, -0.1) is 0 Å². The molecule has 1 aromatic rings. The van der Waals surface area contributed by atoms with Crippen molar-refractivity contribution >= 4 is 21.7 Å². The molecule has 0 aromatic heterocycles. The summed E-state index contributed by atoms with van der Waals surface area (Å²) in [5, 5.41) is 0.420. The molecule has 0 saturated carbocycles. The SMILES string of the molecule is Cc1c(Cl)cccc1S(=O)(=O)OC(C)C. The van der Waals surface area contributed by atoms with Crippen molar-refractivity contribution in [3.05, 3.63) is 28.8 Å². The number of hydrogen-bond donors (Lipinski definition) is 0. The van der Waals surface area contributed by atoms with Gasteiger partial charge in [-0.2, -0.15) is 8.42 Å². The molecule has 0 saturated heterocycles. The first-order valence-corrected chi connectivity index (χ1v) is 6.31. The molecule has 0 radical (unpaired) electrons. The first kappa shape index (κ1) is 12.5. The third kappa shape index (κ3) is 2.93. The minimum absolute atomic E-state index is 0.128. The lowest BCUT2D eigenvalue weighted by atomic mass is 10.2. The van der Waals surface area contributed by atoms with E-state index >= 15 is 0 Å². The van der Waals surface area contributed by atoms with Crippen LogP contribution in [0.25, 0.3) is 0 Å². The van der Waals surface area contributed by atoms with E-state index in [0.29, 0.717) is 10.6 Å². The van der Waals surface area contributed by atoms with Gasteiger partial charge in [0.05, 0.1) is 11.0 Å². The van der Waals surface area contributed by atoms with E-state index in [1.165, 1.54) is 6.07 Å². The predicted molar refractivity (Wildman–Crippen MR) is 59.6 cm³/mol. The van der Waals surface area contributed by atoms with E-state index in [1.807, 2.05) is 0 Å². The van der Waals surface area contributed by atoms with Gasteiger partial charge >= 0.3 is 0 Å². The zero-order valence-electron chi connectivity index (χ0n) is 8.82. The molecule has 0 aliphatic carbocycles. The van der Waals surface area contributed by atoms with Gasteiger partial charge in [0.2, 0.25) is 0 Å². The van der Waals surface area contributed by atoms with Crippen LogP contribution in [0.5, 0.6) is 0 Å². The molecule has 15 heavy (non-hydrogen) atoms. The molecular weight excluding hydrogens is 236 g/mol. The van der Waals surface area contributed by atoms with Crippen LogP contribution in [0.2, 0.25) is 5.02 Å². The molecular formula is C10H13ClO3S. The van der Waals surface area contributed by atoms with E-state index < -0.39 is 10.1 Å². The van der Waals surface area contributed by atoms with Crippen LogP contribution in [-0.4, -0.2) is 14.5 Å². The van der Waals surface area contributed by atoms with Gasteiger partial charge < -0.3 is 0 Å². The molecule has 3 nitrogen and oxygen atoms in total. The third-order valence-corrected chi connectivity index (χ3v) is 3.84. The van der Waals surface area contributed by atoms with Crippen LogP contribution in [0.15, 0.2) is 23.1 Å². The Morgan fingerprint density at radius 3 is 2.47 bits per heavy atom. The molecule has 0 heterocycles. The first-order chi connectivity index (χ1) is 6.84. The second-order valence-corrected chi connectivity index (χ2v) is 5.41. The average molecular weight is 249 g/mol. The monoisotopic (exact) mass is 248 g/mol. The molecule has 1 rings (SSSR count). The fourth-order valence-corrected chi connectivity index (χ4v) is 2.73. The van der Waals surface area contributed by atoms with Crippen LogP contribution in [0.1, 0.15) is 19.4 Å². The normalized spacial score (nSPS) is 12.1. The van der Waals surface area contributed by atoms with Crippen molar-refractivity contribution < 1.29 is 12.6 Å². The van der Waals surface area contributed by atoms with Crippen molar-refractivity contribution in [3.63, 3.8) is 0 Å². The second kappa shape index (κ2) is 4.51. The molecule has 0 fully saturated rings. The Morgan fingerprint density at radius 2 is 1.93 bits per heavy atom. The summed E-state index contributed by atoms with van der Waals surface area (Å²) in [6.07, 6.45) is -0.381. The van der Waals surface area contributed by atoms with Crippen LogP contribution >= 0.6 is 11.6 Å². The predicted octanol–water partition coefficient (Wildman–Crippen LogP) is 2.76. The molecule has 5 heteroatoms. The Hall–Kier alpha value is -0.580. The summed E-state index contributed by atoms with van der Waals surface area (Å²) < 4.78 is 28.3. The summed E-state index contributed by atoms with van der Waals surface area (Å²) in [6, 6.07) is 4.72. The fourth-order valence-electron chi connectivity index (χ4n) is 1.16. The Bertz CT molecular complexity index is 452. The maximum absolute atomic E-state index is 11.7. The van der Waals surface area contributed by atoms with Gasteiger partial charge in [-0.25, -0.2) is 0 Å². The van der Waals surface area contributed by atoms with Gasteiger partial charge in [0.1, 0.15) is 0 Å². The highest BCUT2D eigenvalue weighted by molar-refractivity contribution is 7.86. The van der Waals surface area contributed by atoms with Crippen LogP contribution in [0.3, 0.4) is 0 Å². The lowest BCUT2D eigenvalue weighted by Gasteiger charge is -2.11. The molecule has 0 N–H and O–H groups in total. The maximum Gasteiger partial charge on any atom is 0.297 e. The summed E-state index contributed by atoms with van der Waals surface area (Å²) in [6.45, 7) is 4.98. The van der Waals surface area contributed by atoms with Gasteiger partial charge in [0.25, 0.3) is 10.1 Å². The van der Waals surface area contributed by atoms with Crippen molar-refractivity contribution in [1.29, 1.82) is 0 Å². The van der Waals surface area contributed by atoms with Gasteiger partial charge in [-0.3, -0.25) is 4.18 Å². The van der Waals surface area contributed by atoms with Crippen molar-refractivity contribution in [2.75, 3.05) is 0 Å². The van der Waals surface area contributed by atoms with E-state index in [1.54, 1.807) is 32.9 Å². The number of rotatable bonds is 3. The van der Waals surface area contributed by atoms with E-state index in [4.69, 9.17) is 15.8 Å². The first-order valence-electron chi connectivity index (χ1n) is 4.53. The van der Waals surface area contributed by atoms with E-state index in [0.717, 1.165) is 0 Å². The number of benzene rings is 1. The molecule has 0 aliphatic heterocycles. The maximum atomic E-state index is 11.7. The minimum Gasteiger partial charge on any atom is -0.264 e. The molecule has 0 aliphatic rings. The van der Waals surface area contributed by atoms with Gasteiger partial charge in [-0.1, -0.05) is 17.7 Å². The highest BCUT2D eigenvalue weighted by Crippen LogP contribution is 2.24. The van der Waals surface area contributed by atoms with E-state index in [9.17, 15) is 8.42 Å². The highest BCUT2D eigenvalue weighted by atomic mass is 35.5. The zero-order valence-corrected chi connectivity index (χ0v) is 10.4. The summed E-state index contributed by atoms with van der Waals surface area (Å²) in [5.41, 5.74) is 0.514. The van der Waals surface area contributed by atoms with Crippen LogP contribution in [0.4, 0.5) is 0 Å². The molecule has 0 bridgehead atoms. The summed E-state index contributed by atoms with van der Waals surface area (Å²) in [7, 11) is -3.70. The third-order valence-electron chi connectivity index (χ3n) is 1.81. The molecule has 1 aromatic carbocycles. The molecule has 84 valence electrons. The molecule has 0 spiro atoms. The van der Waals surface area contributed by atoms with E-state index in [2.05, 4.69) is 0 Å². The summed E-state index contributed by atoms with van der Waals surface area (Å²) in [5.74, 6) is 0. The smallest absolute Gasteiger partial charge is 0.264 e. The minimum atomic E-state index is -3.70. The van der Waals surface area contributed by atoms with Gasteiger partial charge in [0, 0.05) is 5.02 Å². The quantitative estimate of drug-likeness (QED) is 0.773. The summed E-state index contributed by atoms with van der Waals surface area (Å²) >= 11 is 5.84. The fraction of sp³-hybridized carbons (Fsp3) is 0.400. The zero-order chi connectivity index (χ0) is 11.6. The van der Waals surface area contributed by atoms with Gasteiger partial charge in [0.15, 0.2) is 0 Å². The second-order valence-electron chi connectivity index (χ2n) is 3.46. The number of halogens is 1. The van der Waals surface area contributed by atoms with E-state index in [-0.39, 0.29) is 11.0 Å². The molecule has 0 unspecified atom stereocenters. The average Bonchev–Trinajstić information content (AvgIpc) is 2.07. The van der Waals surface area contributed by atoms with Crippen LogP contribution in [-0.2, 0) is 14.3 Å². The van der Waals surface area contributed by atoms with Crippen molar-refractivity contribution in [2.45, 2.75) is 31.8 Å². The Balaban J connectivity index is 3.22. The Kier molecular flexibility index (Phi) is 3.76. The van der Waals surface area contributed by atoms with Crippen molar-refractivity contribution in [1.82, 2.24) is 0 Å².